The molecule has 0 aromatic heterocycles. The Morgan fingerprint density at radius 3 is 2.00 bits per heavy atom. The van der Waals surface area contributed by atoms with Gasteiger partial charge >= 0.3 is 221 Å². The van der Waals surface area contributed by atoms with Crippen molar-refractivity contribution in [3.05, 3.63) is 110 Å². The summed E-state index contributed by atoms with van der Waals surface area (Å²) in [5.74, 6) is 0. The number of rotatable bonds is 3. The monoisotopic (exact) mass is 606 g/mol. The Hall–Kier alpha value is -1.53. The van der Waals surface area contributed by atoms with E-state index in [9.17, 15) is 0 Å². The zero-order valence-corrected chi connectivity index (χ0v) is 27.1. The first-order valence-electron chi connectivity index (χ1n) is 13.0. The van der Waals surface area contributed by atoms with E-state index in [-0.39, 0.29) is 35.6 Å². The average molecular weight is 609 g/mol. The SMILES string of the molecule is C/[C](c1ccccc1)=[Zr+2](\[C]1=CC=CC1)[c]1cc(C(C)(C)C)cc2c1Cc1ccc(C(C)(C)C)cc1-2.[Cl-].[Cl-]. The maximum atomic E-state index is 2.62. The van der Waals surface area contributed by atoms with Crippen molar-refractivity contribution in [2.45, 2.75) is 72.1 Å². The molecule has 0 saturated heterocycles. The van der Waals surface area contributed by atoms with Gasteiger partial charge in [-0.3, -0.25) is 0 Å². The number of fused-ring (bicyclic) bond motifs is 3. The van der Waals surface area contributed by atoms with Crippen LogP contribution in [0, 0.1) is 0 Å². The van der Waals surface area contributed by atoms with E-state index in [0.29, 0.717) is 0 Å². The number of benzene rings is 3. The molecule has 0 radical (unpaired) electrons. The van der Waals surface area contributed by atoms with E-state index >= 15 is 0 Å². The fourth-order valence-corrected chi connectivity index (χ4v) is 13.1. The standard InChI is InChI=1S/C21H25.C8H8.C5H5.2ClH.Zr/c1-20(2,3)16-9-7-14-11-15-8-10-17(21(4,5)6)13-19(15)18(14)12-16;1-2-8-6-4-3-5-7-8;1-2-4-5-3-1;;;/h7,9-10,12-13H,11H2,1-6H3;3-7H,1H3;1-3H,4H2;2*1H;/q;;;;;+2/p-2. The van der Waals surface area contributed by atoms with Crippen LogP contribution in [0.3, 0.4) is 0 Å². The van der Waals surface area contributed by atoms with Gasteiger partial charge in [-0.05, 0) is 0 Å². The first kappa shape index (κ1) is 30.0. The Morgan fingerprint density at radius 2 is 1.41 bits per heavy atom. The average Bonchev–Trinajstić information content (AvgIpc) is 3.46. The molecule has 0 saturated carbocycles. The second kappa shape index (κ2) is 11.3. The predicted molar refractivity (Wildman–Crippen MR) is 150 cm³/mol. The molecule has 0 spiro atoms. The zero-order chi connectivity index (χ0) is 25.0. The molecule has 2 aliphatic carbocycles. The Bertz CT molecular complexity index is 1390. The van der Waals surface area contributed by atoms with Crippen LogP contribution >= 0.6 is 0 Å². The Kier molecular flexibility index (Phi) is 9.17. The molecule has 0 amide bonds. The molecule has 0 aliphatic heterocycles. The first-order valence-corrected chi connectivity index (χ1v) is 16.7. The molecule has 0 heterocycles. The normalized spacial score (nSPS) is 14.2. The first-order chi connectivity index (χ1) is 16.5. The summed E-state index contributed by atoms with van der Waals surface area (Å²) < 4.78 is 5.04. The number of hydrogen-bond donors (Lipinski definition) is 0. The van der Waals surface area contributed by atoms with Crippen molar-refractivity contribution in [3.63, 3.8) is 0 Å². The minimum absolute atomic E-state index is 0. The maximum absolute atomic E-state index is 2.62. The molecule has 0 fully saturated rings. The summed E-state index contributed by atoms with van der Waals surface area (Å²) in [6.07, 6.45) is 9.27. The van der Waals surface area contributed by atoms with E-state index in [1.807, 2.05) is 0 Å². The number of halogens is 2. The van der Waals surface area contributed by atoms with Gasteiger partial charge in [0.1, 0.15) is 0 Å². The van der Waals surface area contributed by atoms with Gasteiger partial charge in [0.15, 0.2) is 0 Å². The fraction of sp³-hybridized carbons (Fsp3) is 0.324. The van der Waals surface area contributed by atoms with Crippen LogP contribution in [0.15, 0.2) is 82.2 Å². The molecule has 5 rings (SSSR count). The van der Waals surface area contributed by atoms with Crippen LogP contribution in [0.5, 0.6) is 0 Å². The van der Waals surface area contributed by atoms with Crippen LogP contribution < -0.4 is 28.1 Å². The molecular formula is C34H38Cl2Zr. The van der Waals surface area contributed by atoms with E-state index in [4.69, 9.17) is 0 Å². The minimum Gasteiger partial charge on any atom is -1.00 e. The summed E-state index contributed by atoms with van der Waals surface area (Å²) in [5.41, 5.74) is 10.7. The molecule has 192 valence electrons. The van der Waals surface area contributed by atoms with Gasteiger partial charge < -0.3 is 24.8 Å². The van der Waals surface area contributed by atoms with Crippen molar-refractivity contribution in [1.82, 2.24) is 0 Å². The summed E-state index contributed by atoms with van der Waals surface area (Å²) >= 11 is -2.35. The molecule has 3 heteroatoms. The molecule has 2 aliphatic rings. The van der Waals surface area contributed by atoms with Crippen molar-refractivity contribution >= 4 is 6.48 Å². The van der Waals surface area contributed by atoms with E-state index in [0.717, 1.165) is 12.8 Å². The van der Waals surface area contributed by atoms with Crippen LogP contribution in [0.2, 0.25) is 0 Å². The fourth-order valence-electron chi connectivity index (χ4n) is 5.48. The van der Waals surface area contributed by atoms with Gasteiger partial charge in [0.05, 0.1) is 0 Å². The van der Waals surface area contributed by atoms with Crippen molar-refractivity contribution in [2.75, 3.05) is 0 Å². The van der Waals surface area contributed by atoms with E-state index in [1.54, 1.807) is 15.3 Å². The molecule has 0 N–H and O–H groups in total. The molecule has 0 bridgehead atoms. The van der Waals surface area contributed by atoms with Gasteiger partial charge in [0, 0.05) is 0 Å². The second-order valence-corrected chi connectivity index (χ2v) is 18.9. The summed E-state index contributed by atoms with van der Waals surface area (Å²) in [6.45, 7) is 16.5. The Balaban J connectivity index is 0.00000190. The summed E-state index contributed by atoms with van der Waals surface area (Å²) in [6, 6.07) is 23.6. The smallest absolute Gasteiger partial charge is 1.00 e. The van der Waals surface area contributed by atoms with Crippen molar-refractivity contribution < 1.29 is 46.1 Å². The van der Waals surface area contributed by atoms with Gasteiger partial charge in [0.2, 0.25) is 0 Å². The largest absolute Gasteiger partial charge is 1.00 e. The van der Waals surface area contributed by atoms with Crippen LogP contribution in [-0.4, -0.2) is 3.21 Å². The van der Waals surface area contributed by atoms with Crippen LogP contribution in [0.1, 0.15) is 82.7 Å². The van der Waals surface area contributed by atoms with Crippen LogP contribution in [0.25, 0.3) is 11.1 Å². The van der Waals surface area contributed by atoms with Gasteiger partial charge in [-0.2, -0.15) is 0 Å². The third-order valence-corrected chi connectivity index (χ3v) is 15.2. The quantitative estimate of drug-likeness (QED) is 0.335. The molecule has 37 heavy (non-hydrogen) atoms. The van der Waals surface area contributed by atoms with Crippen molar-refractivity contribution in [3.8, 4) is 11.1 Å². The topological polar surface area (TPSA) is 0 Å². The Morgan fingerprint density at radius 1 is 0.757 bits per heavy atom. The van der Waals surface area contributed by atoms with Gasteiger partial charge in [-0.25, -0.2) is 0 Å². The van der Waals surface area contributed by atoms with Gasteiger partial charge in [-0.15, -0.1) is 0 Å². The summed E-state index contributed by atoms with van der Waals surface area (Å²) in [7, 11) is 0. The molecule has 0 unspecified atom stereocenters. The minimum atomic E-state index is -2.35. The number of hydrogen-bond acceptors (Lipinski definition) is 0. The molecule has 0 atom stereocenters. The molecule has 3 aromatic rings. The molecule has 0 nitrogen and oxygen atoms in total. The predicted octanol–water partition coefficient (Wildman–Crippen LogP) is 2.19. The molecule has 3 aromatic carbocycles. The third kappa shape index (κ3) is 5.90. The van der Waals surface area contributed by atoms with Crippen molar-refractivity contribution in [2.24, 2.45) is 0 Å². The summed E-state index contributed by atoms with van der Waals surface area (Å²) in [4.78, 5) is 0. The Labute approximate surface area is 244 Å². The third-order valence-electron chi connectivity index (χ3n) is 7.69. The maximum Gasteiger partial charge on any atom is -1.00 e. The van der Waals surface area contributed by atoms with Gasteiger partial charge in [-0.1, -0.05) is 0 Å². The molecular weight excluding hydrogens is 571 g/mol. The number of allylic oxidation sites excluding steroid dienone is 4. The van der Waals surface area contributed by atoms with Crippen LogP contribution in [0.4, 0.5) is 0 Å². The van der Waals surface area contributed by atoms with Gasteiger partial charge in [0.25, 0.3) is 0 Å². The van der Waals surface area contributed by atoms with E-state index < -0.39 is 21.3 Å². The van der Waals surface area contributed by atoms with E-state index in [2.05, 4.69) is 127 Å². The van der Waals surface area contributed by atoms with Crippen LogP contribution in [-0.2, 0) is 38.5 Å². The summed E-state index contributed by atoms with van der Waals surface area (Å²) in [5, 5.41) is 0. The van der Waals surface area contributed by atoms with E-state index in [1.165, 1.54) is 33.4 Å². The van der Waals surface area contributed by atoms with Crippen molar-refractivity contribution in [1.29, 1.82) is 0 Å². The zero-order valence-electron chi connectivity index (χ0n) is 23.2. The second-order valence-electron chi connectivity index (χ2n) is 12.3.